The number of halogens is 1. The highest BCUT2D eigenvalue weighted by molar-refractivity contribution is 9.11. The molecule has 0 radical (unpaired) electrons. The molecule has 1 fully saturated rings. The smallest absolute Gasteiger partial charge is 0.340 e. The summed E-state index contributed by atoms with van der Waals surface area (Å²) in [5, 5.41) is 0. The van der Waals surface area contributed by atoms with Gasteiger partial charge in [-0.3, -0.25) is 0 Å². The van der Waals surface area contributed by atoms with Gasteiger partial charge in [0.2, 0.25) is 0 Å². The third kappa shape index (κ3) is 1.75. The summed E-state index contributed by atoms with van der Waals surface area (Å²) in [6.45, 7) is 3.28. The minimum absolute atomic E-state index is 0.465. The molecule has 0 amide bonds. The summed E-state index contributed by atoms with van der Waals surface area (Å²) in [6.07, 6.45) is 5.01. The van der Waals surface area contributed by atoms with E-state index in [1.54, 1.807) is 32.1 Å². The maximum atomic E-state index is 11.9. The van der Waals surface area contributed by atoms with Crippen LogP contribution in [0, 0.1) is 0 Å². The van der Waals surface area contributed by atoms with Gasteiger partial charge in [-0.05, 0) is 26.0 Å². The van der Waals surface area contributed by atoms with Gasteiger partial charge in [0.05, 0.1) is 0 Å². The standard InChI is InChI=1S/C12H15BrO5/c1-10(2)9(14)17-12(18-10)7-8(13)5-6-11(12,15-3)16-4/h5-7H,1-4H3. The molecule has 2 rings (SSSR count). The Morgan fingerprint density at radius 3 is 2.33 bits per heavy atom. The van der Waals surface area contributed by atoms with Crippen LogP contribution in [0.5, 0.6) is 0 Å². The van der Waals surface area contributed by atoms with Crippen molar-refractivity contribution >= 4 is 21.9 Å². The molecule has 1 saturated heterocycles. The first-order valence-electron chi connectivity index (χ1n) is 5.42. The molecule has 18 heavy (non-hydrogen) atoms. The van der Waals surface area contributed by atoms with Gasteiger partial charge < -0.3 is 18.9 Å². The zero-order chi connectivity index (χ0) is 13.6. The molecule has 1 unspecified atom stereocenters. The molecule has 1 atom stereocenters. The Bertz CT molecular complexity index is 436. The molecule has 1 spiro atoms. The Hall–Kier alpha value is -0.690. The molecule has 1 aliphatic heterocycles. The van der Waals surface area contributed by atoms with Gasteiger partial charge in [-0.25, -0.2) is 4.79 Å². The molecule has 1 aliphatic carbocycles. The average Bonchev–Trinajstić information content (AvgIpc) is 2.51. The molecule has 2 aliphatic rings. The molecule has 0 N–H and O–H groups in total. The maximum Gasteiger partial charge on any atom is 0.340 e. The Morgan fingerprint density at radius 2 is 1.89 bits per heavy atom. The molecule has 0 bridgehead atoms. The summed E-state index contributed by atoms with van der Waals surface area (Å²) < 4.78 is 22.7. The summed E-state index contributed by atoms with van der Waals surface area (Å²) in [4.78, 5) is 11.9. The monoisotopic (exact) mass is 318 g/mol. The summed E-state index contributed by atoms with van der Waals surface area (Å²) >= 11 is 3.33. The van der Waals surface area contributed by atoms with Crippen LogP contribution in [0.25, 0.3) is 0 Å². The molecule has 0 aromatic carbocycles. The lowest BCUT2D eigenvalue weighted by atomic mass is 9.99. The summed E-state index contributed by atoms with van der Waals surface area (Å²) in [5.41, 5.74) is -1.06. The van der Waals surface area contributed by atoms with Gasteiger partial charge in [-0.2, -0.15) is 0 Å². The van der Waals surface area contributed by atoms with Crippen molar-refractivity contribution in [2.45, 2.75) is 31.0 Å². The fraction of sp³-hybridized carbons (Fsp3) is 0.583. The molecule has 0 aromatic rings. The Balaban J connectivity index is 2.52. The van der Waals surface area contributed by atoms with Crippen LogP contribution in [0.15, 0.2) is 22.7 Å². The first-order chi connectivity index (χ1) is 8.31. The highest BCUT2D eigenvalue weighted by Crippen LogP contribution is 2.46. The summed E-state index contributed by atoms with van der Waals surface area (Å²) in [5.74, 6) is -3.19. The Morgan fingerprint density at radius 1 is 1.28 bits per heavy atom. The zero-order valence-corrected chi connectivity index (χ0v) is 12.2. The van der Waals surface area contributed by atoms with Gasteiger partial charge in [-0.1, -0.05) is 15.9 Å². The molecule has 5 nitrogen and oxygen atoms in total. The number of esters is 1. The number of carbonyl (C=O) groups is 1. The van der Waals surface area contributed by atoms with Crippen LogP contribution in [0.2, 0.25) is 0 Å². The number of ether oxygens (including phenoxy) is 4. The predicted octanol–water partition coefficient (Wildman–Crippen LogP) is 1.87. The van der Waals surface area contributed by atoms with Crippen molar-refractivity contribution < 1.29 is 23.7 Å². The molecular weight excluding hydrogens is 304 g/mol. The van der Waals surface area contributed by atoms with E-state index in [2.05, 4.69) is 15.9 Å². The van der Waals surface area contributed by atoms with E-state index < -0.39 is 23.1 Å². The highest BCUT2D eigenvalue weighted by Gasteiger charge is 2.65. The van der Waals surface area contributed by atoms with E-state index in [0.29, 0.717) is 0 Å². The fourth-order valence-corrected chi connectivity index (χ4v) is 2.48. The number of carbonyl (C=O) groups excluding carboxylic acids is 1. The van der Waals surface area contributed by atoms with Crippen LogP contribution in [0.3, 0.4) is 0 Å². The lowest BCUT2D eigenvalue weighted by molar-refractivity contribution is -0.330. The summed E-state index contributed by atoms with van der Waals surface area (Å²) in [6, 6.07) is 0. The Labute approximate surface area is 114 Å². The van der Waals surface area contributed by atoms with Crippen molar-refractivity contribution in [3.8, 4) is 0 Å². The minimum Gasteiger partial charge on any atom is -0.420 e. The van der Waals surface area contributed by atoms with Crippen LogP contribution in [0.1, 0.15) is 13.8 Å². The minimum atomic E-state index is -1.43. The number of rotatable bonds is 2. The second-order valence-corrected chi connectivity index (χ2v) is 5.52. The first-order valence-corrected chi connectivity index (χ1v) is 6.22. The van der Waals surface area contributed by atoms with Crippen LogP contribution in [-0.2, 0) is 23.7 Å². The van der Waals surface area contributed by atoms with Crippen molar-refractivity contribution in [2.75, 3.05) is 14.2 Å². The van der Waals surface area contributed by atoms with Crippen molar-refractivity contribution in [1.29, 1.82) is 0 Å². The van der Waals surface area contributed by atoms with E-state index in [9.17, 15) is 4.79 Å². The van der Waals surface area contributed by atoms with Crippen LogP contribution < -0.4 is 0 Å². The van der Waals surface area contributed by atoms with Crippen molar-refractivity contribution in [3.63, 3.8) is 0 Å². The van der Waals surface area contributed by atoms with E-state index in [-0.39, 0.29) is 0 Å². The first kappa shape index (κ1) is 13.7. The summed E-state index contributed by atoms with van der Waals surface area (Å²) in [7, 11) is 2.93. The third-order valence-electron chi connectivity index (χ3n) is 3.02. The second-order valence-electron chi connectivity index (χ2n) is 4.61. The SMILES string of the molecule is COC1(OC)C=CC(Br)=CC12OC(=O)C(C)(C)O2. The van der Waals surface area contributed by atoms with Gasteiger partial charge in [-0.15, -0.1) is 0 Å². The lowest BCUT2D eigenvalue weighted by Crippen LogP contribution is -2.57. The van der Waals surface area contributed by atoms with Gasteiger partial charge in [0, 0.05) is 24.8 Å². The lowest BCUT2D eigenvalue weighted by Gasteiger charge is -2.41. The number of allylic oxidation sites excluding steroid dienone is 2. The second kappa shape index (κ2) is 4.16. The van der Waals surface area contributed by atoms with Gasteiger partial charge in [0.1, 0.15) is 0 Å². The Kier molecular flexibility index (Phi) is 3.18. The maximum absolute atomic E-state index is 11.9. The molecular formula is C12H15BrO5. The van der Waals surface area contributed by atoms with E-state index in [0.717, 1.165) is 4.48 Å². The average molecular weight is 319 g/mol. The van der Waals surface area contributed by atoms with E-state index in [1.807, 2.05) is 0 Å². The molecule has 6 heteroatoms. The van der Waals surface area contributed by atoms with Gasteiger partial charge in [0.25, 0.3) is 11.6 Å². The molecule has 0 aromatic heterocycles. The quantitative estimate of drug-likeness (QED) is 0.574. The molecule has 0 saturated carbocycles. The highest BCUT2D eigenvalue weighted by atomic mass is 79.9. The van der Waals surface area contributed by atoms with Crippen molar-refractivity contribution in [3.05, 3.63) is 22.7 Å². The van der Waals surface area contributed by atoms with Gasteiger partial charge in [0.15, 0.2) is 5.60 Å². The van der Waals surface area contributed by atoms with Crippen LogP contribution >= 0.6 is 15.9 Å². The molecule has 1 heterocycles. The van der Waals surface area contributed by atoms with Crippen LogP contribution in [-0.4, -0.2) is 37.4 Å². The zero-order valence-electron chi connectivity index (χ0n) is 10.7. The normalized spacial score (nSPS) is 32.5. The van der Waals surface area contributed by atoms with Crippen molar-refractivity contribution in [2.24, 2.45) is 0 Å². The fourth-order valence-electron chi connectivity index (χ4n) is 2.04. The predicted molar refractivity (Wildman–Crippen MR) is 66.9 cm³/mol. The van der Waals surface area contributed by atoms with Gasteiger partial charge >= 0.3 is 5.97 Å². The third-order valence-corrected chi connectivity index (χ3v) is 3.52. The topological polar surface area (TPSA) is 54.0 Å². The van der Waals surface area contributed by atoms with Crippen molar-refractivity contribution in [1.82, 2.24) is 0 Å². The van der Waals surface area contributed by atoms with E-state index >= 15 is 0 Å². The number of methoxy groups -OCH3 is 2. The number of hydrogen-bond acceptors (Lipinski definition) is 5. The van der Waals surface area contributed by atoms with E-state index in [1.165, 1.54) is 14.2 Å². The van der Waals surface area contributed by atoms with Crippen LogP contribution in [0.4, 0.5) is 0 Å². The number of hydrogen-bond donors (Lipinski definition) is 0. The molecule has 100 valence electrons. The largest absolute Gasteiger partial charge is 0.420 e. The van der Waals surface area contributed by atoms with E-state index in [4.69, 9.17) is 18.9 Å².